The number of alkyl halides is 1. The second-order valence-electron chi connectivity index (χ2n) is 4.86. The molecule has 0 aromatic heterocycles. The van der Waals surface area contributed by atoms with E-state index in [9.17, 15) is 14.0 Å². The third-order valence-corrected chi connectivity index (χ3v) is 3.21. The molecule has 0 aromatic rings. The number of halogens is 1. The zero-order valence-corrected chi connectivity index (χ0v) is 12.1. The van der Waals surface area contributed by atoms with Gasteiger partial charge < -0.3 is 20.7 Å². The molecule has 0 unspecified atom stereocenters. The molecule has 1 fully saturated rings. The number of amides is 2. The minimum Gasteiger partial charge on any atom is -0.366 e. The molecule has 7 heteroatoms. The molecular formula is C13H24FN3O3. The normalized spacial score (nSPS) is 23.9. The number of rotatable bonds is 7. The van der Waals surface area contributed by atoms with Crippen LogP contribution in [0.3, 0.4) is 0 Å². The highest BCUT2D eigenvalue weighted by atomic mass is 19.1. The third-order valence-electron chi connectivity index (χ3n) is 3.21. The molecule has 0 saturated carbocycles. The fourth-order valence-corrected chi connectivity index (χ4v) is 2.08. The van der Waals surface area contributed by atoms with Gasteiger partial charge >= 0.3 is 0 Å². The van der Waals surface area contributed by atoms with Gasteiger partial charge in [0.1, 0.15) is 12.8 Å². The number of carbonyl (C=O) groups is 2. The molecule has 0 bridgehead atoms. The highest BCUT2D eigenvalue weighted by Crippen LogP contribution is 2.14. The summed E-state index contributed by atoms with van der Waals surface area (Å²) in [6.45, 7) is 4.20. The summed E-state index contributed by atoms with van der Waals surface area (Å²) < 4.78 is 17.4. The van der Waals surface area contributed by atoms with Crippen LogP contribution in [0.25, 0.3) is 0 Å². The lowest BCUT2D eigenvalue weighted by Gasteiger charge is -2.29. The van der Waals surface area contributed by atoms with Gasteiger partial charge in [0.05, 0.1) is 18.7 Å². The van der Waals surface area contributed by atoms with Gasteiger partial charge in [-0.25, -0.2) is 4.39 Å². The Bertz CT molecular complexity index is 320. The van der Waals surface area contributed by atoms with E-state index in [1.807, 2.05) is 6.92 Å². The molecule has 1 saturated heterocycles. The first-order chi connectivity index (χ1) is 9.58. The molecule has 1 heterocycles. The van der Waals surface area contributed by atoms with Gasteiger partial charge in [-0.3, -0.25) is 9.59 Å². The largest absolute Gasteiger partial charge is 0.366 e. The fraction of sp³-hybridized carbons (Fsp3) is 0.846. The summed E-state index contributed by atoms with van der Waals surface area (Å²) >= 11 is 0. The molecule has 6 nitrogen and oxygen atoms in total. The van der Waals surface area contributed by atoms with E-state index in [-0.39, 0.29) is 30.4 Å². The maximum Gasteiger partial charge on any atom is 0.249 e. The minimum atomic E-state index is -0.584. The molecule has 20 heavy (non-hydrogen) atoms. The van der Waals surface area contributed by atoms with Gasteiger partial charge in [0.15, 0.2) is 0 Å². The van der Waals surface area contributed by atoms with Gasteiger partial charge in [0.25, 0.3) is 0 Å². The number of hydrogen-bond donors (Lipinski definition) is 3. The Kier molecular flexibility index (Phi) is 7.46. The van der Waals surface area contributed by atoms with Crippen molar-refractivity contribution in [3.63, 3.8) is 0 Å². The lowest BCUT2D eigenvalue weighted by Crippen LogP contribution is -2.51. The molecule has 0 radical (unpaired) electrons. The summed E-state index contributed by atoms with van der Waals surface area (Å²) in [5.74, 6) is -0.353. The lowest BCUT2D eigenvalue weighted by molar-refractivity contribution is -0.137. The van der Waals surface area contributed by atoms with Gasteiger partial charge in [-0.15, -0.1) is 0 Å². The van der Waals surface area contributed by atoms with Crippen molar-refractivity contribution in [3.05, 3.63) is 0 Å². The zero-order valence-electron chi connectivity index (χ0n) is 12.1. The lowest BCUT2D eigenvalue weighted by atomic mass is 10.0. The third kappa shape index (κ3) is 5.42. The van der Waals surface area contributed by atoms with Crippen molar-refractivity contribution in [2.24, 2.45) is 0 Å². The molecule has 1 aliphatic rings. The number of ether oxygens (including phenoxy) is 1. The highest BCUT2D eigenvalue weighted by molar-refractivity contribution is 5.82. The number of carbonyl (C=O) groups excluding carboxylic acids is 2. The average Bonchev–Trinajstić information content (AvgIpc) is 2.45. The topological polar surface area (TPSA) is 79.5 Å². The van der Waals surface area contributed by atoms with Crippen LogP contribution in [0, 0.1) is 0 Å². The van der Waals surface area contributed by atoms with Crippen molar-refractivity contribution in [2.75, 3.05) is 26.4 Å². The van der Waals surface area contributed by atoms with Crippen LogP contribution in [0.1, 0.15) is 26.7 Å². The zero-order chi connectivity index (χ0) is 15.0. The molecule has 116 valence electrons. The smallest absolute Gasteiger partial charge is 0.249 e. The van der Waals surface area contributed by atoms with Crippen LogP contribution >= 0.6 is 0 Å². The first kappa shape index (κ1) is 16.8. The van der Waals surface area contributed by atoms with E-state index < -0.39 is 12.8 Å². The maximum atomic E-state index is 12.0. The second kappa shape index (κ2) is 8.86. The first-order valence-corrected chi connectivity index (χ1v) is 7.07. The van der Waals surface area contributed by atoms with Crippen LogP contribution < -0.4 is 16.0 Å². The molecule has 1 aliphatic heterocycles. The predicted molar refractivity (Wildman–Crippen MR) is 73.0 cm³/mol. The molecule has 1 rings (SSSR count). The molecule has 3 atom stereocenters. The molecule has 0 aliphatic carbocycles. The molecular weight excluding hydrogens is 265 g/mol. The summed E-state index contributed by atoms with van der Waals surface area (Å²) in [7, 11) is 0. The van der Waals surface area contributed by atoms with Gasteiger partial charge in [0, 0.05) is 6.54 Å². The van der Waals surface area contributed by atoms with Gasteiger partial charge in [-0.05, 0) is 26.3 Å². The van der Waals surface area contributed by atoms with E-state index in [1.54, 1.807) is 6.92 Å². The predicted octanol–water partition coefficient (Wildman–Crippen LogP) is -0.266. The molecule has 0 aromatic carbocycles. The summed E-state index contributed by atoms with van der Waals surface area (Å²) in [4.78, 5) is 23.4. The van der Waals surface area contributed by atoms with Crippen molar-refractivity contribution in [1.82, 2.24) is 16.0 Å². The van der Waals surface area contributed by atoms with Crippen LogP contribution in [0.15, 0.2) is 0 Å². The fourth-order valence-electron chi connectivity index (χ4n) is 2.08. The Morgan fingerprint density at radius 1 is 1.40 bits per heavy atom. The van der Waals surface area contributed by atoms with E-state index in [1.165, 1.54) is 0 Å². The first-order valence-electron chi connectivity index (χ1n) is 7.07. The Balaban J connectivity index is 2.28. The van der Waals surface area contributed by atoms with Crippen LogP contribution in [0.4, 0.5) is 4.39 Å². The second-order valence-corrected chi connectivity index (χ2v) is 4.86. The van der Waals surface area contributed by atoms with Gasteiger partial charge in [-0.2, -0.15) is 0 Å². The number of hydrogen-bond acceptors (Lipinski definition) is 4. The van der Waals surface area contributed by atoms with Crippen molar-refractivity contribution < 1.29 is 18.7 Å². The van der Waals surface area contributed by atoms with Crippen molar-refractivity contribution in [2.45, 2.75) is 44.9 Å². The Labute approximate surface area is 118 Å². The quantitative estimate of drug-likeness (QED) is 0.603. The van der Waals surface area contributed by atoms with Crippen molar-refractivity contribution in [1.29, 1.82) is 0 Å². The van der Waals surface area contributed by atoms with Crippen LogP contribution in [0.5, 0.6) is 0 Å². The number of nitrogens with one attached hydrogen (secondary N) is 3. The van der Waals surface area contributed by atoms with Crippen molar-refractivity contribution >= 4 is 11.8 Å². The van der Waals surface area contributed by atoms with Crippen LogP contribution in [-0.4, -0.2) is 56.4 Å². The maximum absolute atomic E-state index is 12.0. The van der Waals surface area contributed by atoms with E-state index in [2.05, 4.69) is 16.0 Å². The minimum absolute atomic E-state index is 0.0130. The summed E-state index contributed by atoms with van der Waals surface area (Å²) in [6, 6.07) is -0.320. The number of likely N-dealkylation sites (N-methyl/N-ethyl adjacent to an activating group) is 1. The van der Waals surface area contributed by atoms with Gasteiger partial charge in [-0.1, -0.05) is 6.92 Å². The Hall–Kier alpha value is -1.21. The standard InChI is InChI=1S/C13H24FN3O3/c1-3-15-9(2)12(18)17-10-4-5-11(20-8-10)13(19)16-7-6-14/h9-11,15H,3-8H2,1-2H3,(H,16,19)(H,17,18)/t9-,10-,11+/m1/s1. The van der Waals surface area contributed by atoms with Gasteiger partial charge in [0.2, 0.25) is 11.8 Å². The van der Waals surface area contributed by atoms with E-state index in [4.69, 9.17) is 4.74 Å². The van der Waals surface area contributed by atoms with E-state index in [0.29, 0.717) is 19.4 Å². The highest BCUT2D eigenvalue weighted by Gasteiger charge is 2.28. The summed E-state index contributed by atoms with van der Waals surface area (Å²) in [5.41, 5.74) is 0. The van der Waals surface area contributed by atoms with Crippen molar-refractivity contribution in [3.8, 4) is 0 Å². The summed E-state index contributed by atoms with van der Waals surface area (Å²) in [5, 5.41) is 8.38. The average molecular weight is 289 g/mol. The van der Waals surface area contributed by atoms with Crippen LogP contribution in [0.2, 0.25) is 0 Å². The molecule has 3 N–H and O–H groups in total. The Morgan fingerprint density at radius 3 is 2.70 bits per heavy atom. The van der Waals surface area contributed by atoms with Crippen LogP contribution in [-0.2, 0) is 14.3 Å². The SMILES string of the molecule is CCN[C@H](C)C(=O)N[C@@H]1CC[C@@H](C(=O)NCCF)OC1. The molecule has 2 amide bonds. The van der Waals surface area contributed by atoms with E-state index >= 15 is 0 Å². The monoisotopic (exact) mass is 289 g/mol. The van der Waals surface area contributed by atoms with E-state index in [0.717, 1.165) is 6.54 Å². The molecule has 0 spiro atoms. The Morgan fingerprint density at radius 2 is 2.15 bits per heavy atom. The summed E-state index contributed by atoms with van der Waals surface area (Å²) in [6.07, 6.45) is 0.664.